The highest BCUT2D eigenvalue weighted by Crippen LogP contribution is 2.14. The smallest absolute Gasteiger partial charge is 0.178 e. The number of hydrogen-bond donors (Lipinski definition) is 0. The van der Waals surface area contributed by atoms with E-state index in [4.69, 9.17) is 5.26 Å². The summed E-state index contributed by atoms with van der Waals surface area (Å²) in [5, 5.41) is 8.39. The molecule has 1 aromatic heterocycles. The minimum Gasteiger partial charge on any atom is -0.351 e. The zero-order valence-corrected chi connectivity index (χ0v) is 8.09. The number of carbonyl (C=O) groups excluding carboxylic acids is 1. The Hall–Kier alpha value is -1.56. The van der Waals surface area contributed by atoms with Crippen LogP contribution in [0, 0.1) is 25.2 Å². The third kappa shape index (κ3) is 1.62. The molecule has 0 aliphatic rings. The van der Waals surface area contributed by atoms with Gasteiger partial charge in [0, 0.05) is 24.0 Å². The summed E-state index contributed by atoms with van der Waals surface area (Å²) in [6, 6.07) is 3.69. The van der Waals surface area contributed by atoms with Crippen molar-refractivity contribution in [2.45, 2.75) is 20.3 Å². The Morgan fingerprint density at radius 3 is 2.62 bits per heavy atom. The number of aryl methyl sites for hydroxylation is 1. The average molecular weight is 176 g/mol. The Kier molecular flexibility index (Phi) is 2.52. The summed E-state index contributed by atoms with van der Waals surface area (Å²) in [5.41, 5.74) is 2.64. The Balaban J connectivity index is 3.10. The maximum Gasteiger partial charge on any atom is 0.178 e. The van der Waals surface area contributed by atoms with E-state index < -0.39 is 0 Å². The Morgan fingerprint density at radius 2 is 2.23 bits per heavy atom. The van der Waals surface area contributed by atoms with E-state index in [0.29, 0.717) is 5.56 Å². The largest absolute Gasteiger partial charge is 0.351 e. The highest BCUT2D eigenvalue weighted by Gasteiger charge is 2.12. The van der Waals surface area contributed by atoms with Crippen LogP contribution in [-0.4, -0.2) is 10.4 Å². The van der Waals surface area contributed by atoms with Crippen LogP contribution in [0.2, 0.25) is 0 Å². The molecular weight excluding hydrogens is 164 g/mol. The summed E-state index contributed by atoms with van der Waals surface area (Å²) < 4.78 is 1.95. The molecule has 0 aromatic carbocycles. The van der Waals surface area contributed by atoms with Crippen molar-refractivity contribution in [3.63, 3.8) is 0 Å². The van der Waals surface area contributed by atoms with Crippen LogP contribution in [-0.2, 0) is 7.05 Å². The second-order valence-corrected chi connectivity index (χ2v) is 3.10. The molecule has 3 heteroatoms. The third-order valence-corrected chi connectivity index (χ3v) is 2.32. The van der Waals surface area contributed by atoms with Crippen LogP contribution in [0.5, 0.6) is 0 Å². The van der Waals surface area contributed by atoms with Gasteiger partial charge < -0.3 is 4.57 Å². The molecule has 1 rings (SSSR count). The van der Waals surface area contributed by atoms with Crippen LogP contribution in [0.25, 0.3) is 0 Å². The van der Waals surface area contributed by atoms with Crippen molar-refractivity contribution in [3.05, 3.63) is 23.0 Å². The molecule has 0 fully saturated rings. The van der Waals surface area contributed by atoms with Crippen LogP contribution in [0.4, 0.5) is 0 Å². The van der Waals surface area contributed by atoms with E-state index in [1.54, 1.807) is 0 Å². The fourth-order valence-corrected chi connectivity index (χ4v) is 1.30. The average Bonchev–Trinajstić information content (AvgIpc) is 2.33. The monoisotopic (exact) mass is 176 g/mol. The number of ketones is 1. The molecule has 0 aliphatic carbocycles. The molecule has 13 heavy (non-hydrogen) atoms. The summed E-state index contributed by atoms with van der Waals surface area (Å²) in [6.45, 7) is 3.83. The first-order chi connectivity index (χ1) is 6.07. The minimum atomic E-state index is -0.0938. The maximum atomic E-state index is 11.4. The zero-order chi connectivity index (χ0) is 10.0. The lowest BCUT2D eigenvalue weighted by molar-refractivity contribution is 0.0997. The first-order valence-electron chi connectivity index (χ1n) is 4.11. The first-order valence-corrected chi connectivity index (χ1v) is 4.11. The number of nitriles is 1. The Bertz CT molecular complexity index is 382. The lowest BCUT2D eigenvalue weighted by Crippen LogP contribution is -2.00. The molecule has 3 nitrogen and oxygen atoms in total. The SMILES string of the molecule is Cc1cc(C(=O)CC#N)c(C)n1C. The molecule has 0 saturated heterocycles. The molecule has 0 atom stereocenters. The van der Waals surface area contributed by atoms with Crippen molar-refractivity contribution >= 4 is 5.78 Å². The molecule has 0 saturated carbocycles. The van der Waals surface area contributed by atoms with Gasteiger partial charge in [0.25, 0.3) is 0 Å². The fourth-order valence-electron chi connectivity index (χ4n) is 1.30. The van der Waals surface area contributed by atoms with Crippen molar-refractivity contribution in [2.24, 2.45) is 7.05 Å². The molecule has 0 aliphatic heterocycles. The van der Waals surface area contributed by atoms with Crippen LogP contribution in [0.1, 0.15) is 28.2 Å². The van der Waals surface area contributed by atoms with E-state index in [9.17, 15) is 4.79 Å². The van der Waals surface area contributed by atoms with Crippen LogP contribution >= 0.6 is 0 Å². The molecule has 1 aromatic rings. The zero-order valence-electron chi connectivity index (χ0n) is 8.09. The number of hydrogen-bond acceptors (Lipinski definition) is 2. The van der Waals surface area contributed by atoms with Gasteiger partial charge in [-0.15, -0.1) is 0 Å². The van der Waals surface area contributed by atoms with Crippen LogP contribution in [0.15, 0.2) is 6.07 Å². The topological polar surface area (TPSA) is 45.8 Å². The summed E-state index contributed by atoms with van der Waals surface area (Å²) in [6.07, 6.45) is -0.0374. The highest BCUT2D eigenvalue weighted by atomic mass is 16.1. The van der Waals surface area contributed by atoms with Gasteiger partial charge in [-0.1, -0.05) is 0 Å². The van der Waals surface area contributed by atoms with Gasteiger partial charge in [0.05, 0.1) is 12.5 Å². The van der Waals surface area contributed by atoms with Crippen molar-refractivity contribution in [1.29, 1.82) is 5.26 Å². The van der Waals surface area contributed by atoms with E-state index in [0.717, 1.165) is 11.4 Å². The fraction of sp³-hybridized carbons (Fsp3) is 0.400. The summed E-state index contributed by atoms with van der Waals surface area (Å²) in [4.78, 5) is 11.4. The van der Waals surface area contributed by atoms with Gasteiger partial charge in [-0.3, -0.25) is 4.79 Å². The van der Waals surface area contributed by atoms with E-state index in [2.05, 4.69) is 0 Å². The summed E-state index contributed by atoms with van der Waals surface area (Å²) >= 11 is 0. The molecule has 0 radical (unpaired) electrons. The van der Waals surface area contributed by atoms with Crippen molar-refractivity contribution < 1.29 is 4.79 Å². The maximum absolute atomic E-state index is 11.4. The predicted octanol–water partition coefficient (Wildman–Crippen LogP) is 1.74. The van der Waals surface area contributed by atoms with E-state index in [1.165, 1.54) is 0 Å². The van der Waals surface area contributed by atoms with E-state index >= 15 is 0 Å². The highest BCUT2D eigenvalue weighted by molar-refractivity contribution is 5.98. The van der Waals surface area contributed by atoms with Gasteiger partial charge in [-0.2, -0.15) is 5.26 Å². The van der Waals surface area contributed by atoms with Crippen LogP contribution in [0.3, 0.4) is 0 Å². The van der Waals surface area contributed by atoms with Gasteiger partial charge in [0.2, 0.25) is 0 Å². The molecule has 68 valence electrons. The van der Waals surface area contributed by atoms with Gasteiger partial charge in [-0.25, -0.2) is 0 Å². The van der Waals surface area contributed by atoms with Gasteiger partial charge in [0.1, 0.15) is 0 Å². The van der Waals surface area contributed by atoms with Gasteiger partial charge in [-0.05, 0) is 19.9 Å². The number of Topliss-reactive ketones (excluding diaryl/α,β-unsaturated/α-hetero) is 1. The van der Waals surface area contributed by atoms with Gasteiger partial charge in [0.15, 0.2) is 5.78 Å². The predicted molar refractivity (Wildman–Crippen MR) is 49.4 cm³/mol. The second kappa shape index (κ2) is 3.44. The molecular formula is C10H12N2O. The lowest BCUT2D eigenvalue weighted by atomic mass is 10.1. The van der Waals surface area contributed by atoms with E-state index in [1.807, 2.05) is 37.6 Å². The lowest BCUT2D eigenvalue weighted by Gasteiger charge is -1.99. The van der Waals surface area contributed by atoms with Crippen molar-refractivity contribution in [2.75, 3.05) is 0 Å². The molecule has 0 bridgehead atoms. The molecule has 0 unspecified atom stereocenters. The second-order valence-electron chi connectivity index (χ2n) is 3.10. The van der Waals surface area contributed by atoms with Crippen molar-refractivity contribution in [1.82, 2.24) is 4.57 Å². The summed E-state index contributed by atoms with van der Waals surface area (Å²) in [5.74, 6) is -0.0938. The van der Waals surface area contributed by atoms with E-state index in [-0.39, 0.29) is 12.2 Å². The Labute approximate surface area is 77.6 Å². The molecule has 1 heterocycles. The standard InChI is InChI=1S/C10H12N2O/c1-7-6-9(8(2)12(7)3)10(13)4-5-11/h6H,4H2,1-3H3. The van der Waals surface area contributed by atoms with Gasteiger partial charge >= 0.3 is 0 Å². The summed E-state index contributed by atoms with van der Waals surface area (Å²) in [7, 11) is 1.91. The number of carbonyl (C=O) groups is 1. The number of rotatable bonds is 2. The minimum absolute atomic E-state index is 0.0374. The van der Waals surface area contributed by atoms with Crippen LogP contribution < -0.4 is 0 Å². The molecule has 0 spiro atoms. The molecule has 0 amide bonds. The quantitative estimate of drug-likeness (QED) is 0.644. The normalized spacial score (nSPS) is 9.69. The third-order valence-electron chi connectivity index (χ3n) is 2.32. The van der Waals surface area contributed by atoms with Crippen molar-refractivity contribution in [3.8, 4) is 6.07 Å². The number of nitrogens with zero attached hydrogens (tertiary/aromatic N) is 2. The number of aromatic nitrogens is 1. The Morgan fingerprint density at radius 1 is 1.62 bits per heavy atom. The first kappa shape index (κ1) is 9.53. The molecule has 0 N–H and O–H groups in total.